The number of hydrogen-bond donors (Lipinski definition) is 1. The summed E-state index contributed by atoms with van der Waals surface area (Å²) in [5, 5.41) is 0.00402. The number of carbonyl (C=O) groups excluding carboxylic acids is 2. The van der Waals surface area contributed by atoms with Crippen LogP contribution in [-0.4, -0.2) is 38.0 Å². The van der Waals surface area contributed by atoms with Crippen LogP contribution in [0.5, 0.6) is 0 Å². The summed E-state index contributed by atoms with van der Waals surface area (Å²) in [6.07, 6.45) is 1.76. The summed E-state index contributed by atoms with van der Waals surface area (Å²) in [5.74, 6) is 0.132. The van der Waals surface area contributed by atoms with Crippen molar-refractivity contribution in [2.45, 2.75) is 56.5 Å². The number of aromatic nitrogens is 2. The van der Waals surface area contributed by atoms with Gasteiger partial charge < -0.3 is 5.73 Å². The first-order valence-electron chi connectivity index (χ1n) is 7.10. The molecule has 2 heterocycles. The van der Waals surface area contributed by atoms with Gasteiger partial charge in [0.2, 0.25) is 11.8 Å². The molecule has 1 aromatic heterocycles. The van der Waals surface area contributed by atoms with Gasteiger partial charge in [-0.1, -0.05) is 25.6 Å². The van der Waals surface area contributed by atoms with Gasteiger partial charge in [-0.15, -0.1) is 0 Å². The van der Waals surface area contributed by atoms with E-state index < -0.39 is 5.25 Å². The zero-order chi connectivity index (χ0) is 15.6. The third-order valence-corrected chi connectivity index (χ3v) is 4.60. The van der Waals surface area contributed by atoms with Crippen molar-refractivity contribution in [2.75, 3.05) is 5.73 Å². The Morgan fingerprint density at radius 3 is 2.62 bits per heavy atom. The van der Waals surface area contributed by atoms with Gasteiger partial charge in [0.1, 0.15) is 11.1 Å². The largest absolute Gasteiger partial charge is 0.384 e. The van der Waals surface area contributed by atoms with Gasteiger partial charge in [0.25, 0.3) is 0 Å². The highest BCUT2D eigenvalue weighted by atomic mass is 32.2. The molecule has 2 rings (SSSR count). The molecule has 0 bridgehead atoms. The van der Waals surface area contributed by atoms with E-state index in [1.54, 1.807) is 6.07 Å². The van der Waals surface area contributed by atoms with Gasteiger partial charge in [-0.2, -0.15) is 0 Å². The van der Waals surface area contributed by atoms with Crippen LogP contribution in [0.2, 0.25) is 0 Å². The minimum Gasteiger partial charge on any atom is -0.384 e. The van der Waals surface area contributed by atoms with E-state index in [9.17, 15) is 9.59 Å². The number of nitrogen functional groups attached to an aromatic ring is 1. The van der Waals surface area contributed by atoms with E-state index in [1.807, 2.05) is 20.8 Å². The highest BCUT2D eigenvalue weighted by Gasteiger charge is 2.42. The lowest BCUT2D eigenvalue weighted by Crippen LogP contribution is -2.40. The molecule has 1 atom stereocenters. The molecule has 0 spiro atoms. The average Bonchev–Trinajstić information content (AvgIpc) is 2.67. The Kier molecular flexibility index (Phi) is 4.82. The molecule has 1 saturated heterocycles. The van der Waals surface area contributed by atoms with E-state index in [1.165, 1.54) is 16.7 Å². The van der Waals surface area contributed by atoms with Gasteiger partial charge in [0, 0.05) is 24.2 Å². The standard InChI is InChI=1S/C14H20N4O2S/c1-4-9(5-2)18-12(19)7-10(13(18)20)21-14-16-8(3)6-11(15)17-14/h6,9-10H,4-5,7H2,1-3H3,(H2,15,16,17). The first kappa shape index (κ1) is 15.8. The molecular formula is C14H20N4O2S. The molecule has 1 aliphatic rings. The van der Waals surface area contributed by atoms with Gasteiger partial charge in [-0.25, -0.2) is 9.97 Å². The van der Waals surface area contributed by atoms with Crippen molar-refractivity contribution in [1.29, 1.82) is 0 Å². The summed E-state index contributed by atoms with van der Waals surface area (Å²) in [6.45, 7) is 5.79. The lowest BCUT2D eigenvalue weighted by atomic mass is 10.1. The number of imide groups is 1. The Morgan fingerprint density at radius 1 is 1.38 bits per heavy atom. The van der Waals surface area contributed by atoms with E-state index in [0.29, 0.717) is 11.0 Å². The zero-order valence-corrected chi connectivity index (χ0v) is 13.3. The van der Waals surface area contributed by atoms with Crippen molar-refractivity contribution in [3.63, 3.8) is 0 Å². The number of nitrogens with zero attached hydrogens (tertiary/aromatic N) is 3. The first-order valence-corrected chi connectivity index (χ1v) is 7.97. The van der Waals surface area contributed by atoms with Crippen LogP contribution in [0.25, 0.3) is 0 Å². The predicted molar refractivity (Wildman–Crippen MR) is 81.7 cm³/mol. The van der Waals surface area contributed by atoms with Crippen LogP contribution in [0, 0.1) is 6.92 Å². The molecule has 7 heteroatoms. The molecule has 0 radical (unpaired) electrons. The van der Waals surface area contributed by atoms with Gasteiger partial charge >= 0.3 is 0 Å². The molecule has 1 unspecified atom stereocenters. The molecule has 1 fully saturated rings. The molecule has 2 N–H and O–H groups in total. The minimum atomic E-state index is -0.445. The summed E-state index contributed by atoms with van der Waals surface area (Å²) >= 11 is 1.22. The number of hydrogen-bond acceptors (Lipinski definition) is 6. The van der Waals surface area contributed by atoms with Crippen LogP contribution in [0.4, 0.5) is 5.82 Å². The van der Waals surface area contributed by atoms with E-state index in [-0.39, 0.29) is 24.3 Å². The van der Waals surface area contributed by atoms with Crippen LogP contribution in [-0.2, 0) is 9.59 Å². The second-order valence-corrected chi connectivity index (χ2v) is 6.27. The number of likely N-dealkylation sites (tertiary alicyclic amines) is 1. The first-order chi connectivity index (χ1) is 9.96. The van der Waals surface area contributed by atoms with Crippen molar-refractivity contribution < 1.29 is 9.59 Å². The van der Waals surface area contributed by atoms with Crippen molar-refractivity contribution >= 4 is 29.4 Å². The zero-order valence-electron chi connectivity index (χ0n) is 12.5. The third kappa shape index (κ3) is 3.34. The smallest absolute Gasteiger partial charge is 0.243 e. The molecule has 1 aliphatic heterocycles. The lowest BCUT2D eigenvalue weighted by molar-refractivity contribution is -0.141. The summed E-state index contributed by atoms with van der Waals surface area (Å²) in [7, 11) is 0. The molecule has 21 heavy (non-hydrogen) atoms. The van der Waals surface area contributed by atoms with E-state index >= 15 is 0 Å². The van der Waals surface area contributed by atoms with Crippen LogP contribution < -0.4 is 5.73 Å². The Morgan fingerprint density at radius 2 is 2.05 bits per heavy atom. The quantitative estimate of drug-likeness (QED) is 0.659. The minimum absolute atomic E-state index is 0.0147. The predicted octanol–water partition coefficient (Wildman–Crippen LogP) is 1.78. The van der Waals surface area contributed by atoms with Crippen LogP contribution in [0.3, 0.4) is 0 Å². The number of aryl methyl sites for hydroxylation is 1. The van der Waals surface area contributed by atoms with Crippen molar-refractivity contribution in [3.8, 4) is 0 Å². The Bertz CT molecular complexity index is 540. The number of anilines is 1. The number of nitrogens with two attached hydrogens (primary N) is 1. The summed E-state index contributed by atoms with van der Waals surface area (Å²) in [5.41, 5.74) is 6.44. The maximum Gasteiger partial charge on any atom is 0.243 e. The van der Waals surface area contributed by atoms with Gasteiger partial charge in [0.15, 0.2) is 5.16 Å². The normalized spacial score (nSPS) is 18.9. The van der Waals surface area contributed by atoms with Gasteiger partial charge in [-0.3, -0.25) is 14.5 Å². The number of rotatable bonds is 5. The summed E-state index contributed by atoms with van der Waals surface area (Å²) < 4.78 is 0. The van der Waals surface area contributed by atoms with Crippen LogP contribution >= 0.6 is 11.8 Å². The molecule has 0 aliphatic carbocycles. The fourth-order valence-corrected chi connectivity index (χ4v) is 3.55. The van der Waals surface area contributed by atoms with Crippen LogP contribution in [0.15, 0.2) is 11.2 Å². The molecule has 0 aromatic carbocycles. The monoisotopic (exact) mass is 308 g/mol. The van der Waals surface area contributed by atoms with Crippen molar-refractivity contribution in [2.24, 2.45) is 0 Å². The maximum atomic E-state index is 12.4. The highest BCUT2D eigenvalue weighted by molar-refractivity contribution is 8.00. The molecule has 6 nitrogen and oxygen atoms in total. The number of carbonyl (C=O) groups is 2. The van der Waals surface area contributed by atoms with E-state index in [0.717, 1.165) is 18.5 Å². The second-order valence-electron chi connectivity index (χ2n) is 5.10. The number of amides is 2. The van der Waals surface area contributed by atoms with Crippen molar-refractivity contribution in [1.82, 2.24) is 14.9 Å². The third-order valence-electron chi connectivity index (χ3n) is 3.55. The Hall–Kier alpha value is -1.63. The molecule has 114 valence electrons. The summed E-state index contributed by atoms with van der Waals surface area (Å²) in [6, 6.07) is 1.65. The molecule has 1 aromatic rings. The SMILES string of the molecule is CCC(CC)N1C(=O)CC(Sc2nc(C)cc(N)n2)C1=O. The highest BCUT2D eigenvalue weighted by Crippen LogP contribution is 2.32. The summed E-state index contributed by atoms with van der Waals surface area (Å²) in [4.78, 5) is 34.3. The molecule has 2 amide bonds. The number of thioether (sulfide) groups is 1. The van der Waals surface area contributed by atoms with Crippen molar-refractivity contribution in [3.05, 3.63) is 11.8 Å². The van der Waals surface area contributed by atoms with E-state index in [2.05, 4.69) is 9.97 Å². The van der Waals surface area contributed by atoms with Crippen LogP contribution in [0.1, 0.15) is 38.8 Å². The average molecular weight is 308 g/mol. The maximum absolute atomic E-state index is 12.4. The van der Waals surface area contributed by atoms with Gasteiger partial charge in [-0.05, 0) is 19.8 Å². The molecular weight excluding hydrogens is 288 g/mol. The fourth-order valence-electron chi connectivity index (χ4n) is 2.50. The fraction of sp³-hybridized carbons (Fsp3) is 0.571. The Labute approximate surface area is 128 Å². The second kappa shape index (κ2) is 6.43. The molecule has 0 saturated carbocycles. The topological polar surface area (TPSA) is 89.2 Å². The lowest BCUT2D eigenvalue weighted by Gasteiger charge is -2.24. The van der Waals surface area contributed by atoms with E-state index in [4.69, 9.17) is 5.73 Å². The van der Waals surface area contributed by atoms with Gasteiger partial charge in [0.05, 0.1) is 0 Å². The Balaban J connectivity index is 2.15.